The highest BCUT2D eigenvalue weighted by atomic mass is 16.2. The molecule has 0 bridgehead atoms. The third kappa shape index (κ3) is 4.41. The highest BCUT2D eigenvalue weighted by Gasteiger charge is 2.26. The topological polar surface area (TPSA) is 82.2 Å². The van der Waals surface area contributed by atoms with Crippen molar-refractivity contribution in [1.82, 2.24) is 24.8 Å². The smallest absolute Gasteiger partial charge is 0.258 e. The van der Waals surface area contributed by atoms with E-state index in [1.165, 1.54) is 38.5 Å². The Labute approximate surface area is 165 Å². The van der Waals surface area contributed by atoms with E-state index in [1.54, 1.807) is 18.5 Å². The number of aromatic nitrogens is 3. The van der Waals surface area contributed by atoms with Crippen molar-refractivity contribution >= 4 is 16.8 Å². The second-order valence-corrected chi connectivity index (χ2v) is 7.97. The van der Waals surface area contributed by atoms with Crippen molar-refractivity contribution in [2.24, 2.45) is 0 Å². The molecule has 28 heavy (non-hydrogen) atoms. The molecule has 1 aliphatic carbocycles. The Balaban J connectivity index is 1.29. The molecule has 0 aromatic carbocycles. The van der Waals surface area contributed by atoms with Crippen LogP contribution in [0.15, 0.2) is 23.3 Å². The summed E-state index contributed by atoms with van der Waals surface area (Å²) >= 11 is 0. The molecule has 0 spiro atoms. The van der Waals surface area contributed by atoms with Gasteiger partial charge in [-0.25, -0.2) is 4.98 Å². The predicted molar refractivity (Wildman–Crippen MR) is 108 cm³/mol. The summed E-state index contributed by atoms with van der Waals surface area (Å²) in [5.41, 5.74) is 0.401. The maximum Gasteiger partial charge on any atom is 0.258 e. The fraction of sp³-hybridized carbons (Fsp3) is 0.619. The van der Waals surface area contributed by atoms with Crippen molar-refractivity contribution in [3.05, 3.63) is 34.6 Å². The van der Waals surface area contributed by atoms with Crippen molar-refractivity contribution in [2.45, 2.75) is 57.4 Å². The first-order valence-corrected chi connectivity index (χ1v) is 10.6. The molecule has 1 N–H and O–H groups in total. The van der Waals surface area contributed by atoms with Crippen LogP contribution in [0, 0.1) is 0 Å². The fourth-order valence-electron chi connectivity index (χ4n) is 4.50. The molecule has 0 unspecified atom stereocenters. The Kier molecular flexibility index (Phi) is 6.00. The molecule has 2 aliphatic rings. The average Bonchev–Trinajstić information content (AvgIpc) is 3.02. The van der Waals surface area contributed by atoms with Gasteiger partial charge in [0.05, 0.1) is 17.1 Å². The van der Waals surface area contributed by atoms with E-state index in [4.69, 9.17) is 0 Å². The standard InChI is InChI=1S/C21H29N5O2/c27-20(8-7-19-23-18-15-22-10-9-17(18)21(28)24-19)26-13-11-25(12-14-26)16-5-3-1-2-4-6-16/h9-10,15-16H,1-8,11-14H2,(H,23,24,28). The van der Waals surface area contributed by atoms with Crippen LogP contribution in [0.5, 0.6) is 0 Å². The van der Waals surface area contributed by atoms with Gasteiger partial charge in [-0.15, -0.1) is 0 Å². The summed E-state index contributed by atoms with van der Waals surface area (Å²) < 4.78 is 0. The van der Waals surface area contributed by atoms with E-state index in [9.17, 15) is 9.59 Å². The molecule has 1 saturated carbocycles. The minimum Gasteiger partial charge on any atom is -0.340 e. The van der Waals surface area contributed by atoms with E-state index >= 15 is 0 Å². The van der Waals surface area contributed by atoms with Crippen molar-refractivity contribution < 1.29 is 4.79 Å². The quantitative estimate of drug-likeness (QED) is 0.818. The molecule has 1 aliphatic heterocycles. The van der Waals surface area contributed by atoms with E-state index in [1.807, 2.05) is 4.90 Å². The van der Waals surface area contributed by atoms with E-state index in [-0.39, 0.29) is 11.5 Å². The summed E-state index contributed by atoms with van der Waals surface area (Å²) in [4.78, 5) is 40.6. The van der Waals surface area contributed by atoms with Gasteiger partial charge >= 0.3 is 0 Å². The molecular weight excluding hydrogens is 354 g/mol. The summed E-state index contributed by atoms with van der Waals surface area (Å²) in [6.45, 7) is 3.57. The zero-order valence-corrected chi connectivity index (χ0v) is 16.4. The Morgan fingerprint density at radius 2 is 1.86 bits per heavy atom. The number of rotatable bonds is 4. The number of hydrogen-bond acceptors (Lipinski definition) is 5. The lowest BCUT2D eigenvalue weighted by molar-refractivity contribution is -0.133. The van der Waals surface area contributed by atoms with E-state index in [0.717, 1.165) is 26.2 Å². The number of nitrogens with one attached hydrogen (secondary N) is 1. The highest BCUT2D eigenvalue weighted by molar-refractivity contribution is 5.77. The molecule has 2 aromatic rings. The number of hydrogen-bond donors (Lipinski definition) is 1. The number of aryl methyl sites for hydroxylation is 1. The second-order valence-electron chi connectivity index (χ2n) is 7.97. The summed E-state index contributed by atoms with van der Waals surface area (Å²) in [5, 5.41) is 0.528. The number of fused-ring (bicyclic) bond motifs is 1. The van der Waals surface area contributed by atoms with Crippen LogP contribution in [0.4, 0.5) is 0 Å². The molecule has 2 aromatic heterocycles. The number of pyridine rings is 1. The highest BCUT2D eigenvalue weighted by Crippen LogP contribution is 2.23. The molecule has 7 nitrogen and oxygen atoms in total. The van der Waals surface area contributed by atoms with Gasteiger partial charge in [-0.2, -0.15) is 0 Å². The van der Waals surface area contributed by atoms with E-state index < -0.39 is 0 Å². The van der Waals surface area contributed by atoms with Crippen LogP contribution in [0.25, 0.3) is 10.9 Å². The molecule has 0 radical (unpaired) electrons. The van der Waals surface area contributed by atoms with Gasteiger partial charge in [0.1, 0.15) is 5.82 Å². The monoisotopic (exact) mass is 383 g/mol. The van der Waals surface area contributed by atoms with Crippen LogP contribution >= 0.6 is 0 Å². The lowest BCUT2D eigenvalue weighted by Crippen LogP contribution is -2.51. The number of piperazine rings is 1. The molecule has 150 valence electrons. The number of nitrogens with zero attached hydrogens (tertiary/aromatic N) is 4. The van der Waals surface area contributed by atoms with Gasteiger partial charge in [-0.05, 0) is 18.9 Å². The normalized spacial score (nSPS) is 19.6. The third-order valence-electron chi connectivity index (χ3n) is 6.14. The first-order valence-electron chi connectivity index (χ1n) is 10.6. The number of carbonyl (C=O) groups excluding carboxylic acids is 1. The lowest BCUT2D eigenvalue weighted by atomic mass is 10.1. The molecule has 0 atom stereocenters. The summed E-state index contributed by atoms with van der Waals surface area (Å²) in [5.74, 6) is 0.699. The second kappa shape index (κ2) is 8.82. The van der Waals surface area contributed by atoms with Gasteiger partial charge < -0.3 is 9.88 Å². The number of aromatic amines is 1. The van der Waals surface area contributed by atoms with Crippen LogP contribution in [-0.2, 0) is 11.2 Å². The molecule has 1 saturated heterocycles. The predicted octanol–water partition coefficient (Wildman–Crippen LogP) is 2.12. The van der Waals surface area contributed by atoms with Crippen LogP contribution < -0.4 is 5.56 Å². The SMILES string of the molecule is O=C(CCc1nc2cnccc2c(=O)[nH]1)N1CCN(C2CCCCCC2)CC1. The van der Waals surface area contributed by atoms with Crippen molar-refractivity contribution in [1.29, 1.82) is 0 Å². The van der Waals surface area contributed by atoms with E-state index in [0.29, 0.717) is 35.6 Å². The summed E-state index contributed by atoms with van der Waals surface area (Å²) in [7, 11) is 0. The summed E-state index contributed by atoms with van der Waals surface area (Å²) in [6, 6.07) is 2.37. The van der Waals surface area contributed by atoms with Gasteiger partial charge in [-0.1, -0.05) is 25.7 Å². The Morgan fingerprint density at radius 3 is 2.61 bits per heavy atom. The van der Waals surface area contributed by atoms with Gasteiger partial charge in [0.25, 0.3) is 5.56 Å². The molecule has 3 heterocycles. The number of H-pyrrole nitrogens is 1. The van der Waals surface area contributed by atoms with Crippen LogP contribution in [0.2, 0.25) is 0 Å². The maximum absolute atomic E-state index is 12.6. The first kappa shape index (κ1) is 19.1. The third-order valence-corrected chi connectivity index (χ3v) is 6.14. The Morgan fingerprint density at radius 1 is 1.11 bits per heavy atom. The fourth-order valence-corrected chi connectivity index (χ4v) is 4.50. The van der Waals surface area contributed by atoms with Crippen LogP contribution in [-0.4, -0.2) is 62.9 Å². The molecule has 7 heteroatoms. The van der Waals surface area contributed by atoms with Gasteiger partial charge in [-0.3, -0.25) is 19.5 Å². The van der Waals surface area contributed by atoms with Gasteiger partial charge in [0, 0.05) is 51.3 Å². The van der Waals surface area contributed by atoms with Crippen molar-refractivity contribution in [3.8, 4) is 0 Å². The average molecular weight is 383 g/mol. The zero-order chi connectivity index (χ0) is 19.3. The first-order chi connectivity index (χ1) is 13.7. The minimum atomic E-state index is -0.174. The van der Waals surface area contributed by atoms with Gasteiger partial charge in [0.15, 0.2) is 0 Å². The molecule has 2 fully saturated rings. The van der Waals surface area contributed by atoms with Crippen LogP contribution in [0.3, 0.4) is 0 Å². The molecule has 4 rings (SSSR count). The Hall–Kier alpha value is -2.28. The maximum atomic E-state index is 12.6. The van der Waals surface area contributed by atoms with Crippen LogP contribution in [0.1, 0.15) is 50.8 Å². The lowest BCUT2D eigenvalue weighted by Gasteiger charge is -2.39. The van der Waals surface area contributed by atoms with Crippen molar-refractivity contribution in [3.63, 3.8) is 0 Å². The van der Waals surface area contributed by atoms with Crippen molar-refractivity contribution in [2.75, 3.05) is 26.2 Å². The van der Waals surface area contributed by atoms with E-state index in [2.05, 4.69) is 19.9 Å². The zero-order valence-electron chi connectivity index (χ0n) is 16.4. The number of amides is 1. The minimum absolute atomic E-state index is 0.148. The Bertz CT molecular complexity index is 864. The number of carbonyl (C=O) groups is 1. The molecular formula is C21H29N5O2. The van der Waals surface area contributed by atoms with Gasteiger partial charge in [0.2, 0.25) is 5.91 Å². The molecule has 1 amide bonds. The largest absolute Gasteiger partial charge is 0.340 e. The summed E-state index contributed by atoms with van der Waals surface area (Å²) in [6.07, 6.45) is 12.0.